The highest BCUT2D eigenvalue weighted by Crippen LogP contribution is 2.39. The first kappa shape index (κ1) is 14.1. The van der Waals surface area contributed by atoms with Crippen molar-refractivity contribution in [2.75, 3.05) is 0 Å². The fourth-order valence-corrected chi connectivity index (χ4v) is 3.81. The van der Waals surface area contributed by atoms with Crippen LogP contribution in [0.3, 0.4) is 0 Å². The van der Waals surface area contributed by atoms with Gasteiger partial charge in [-0.3, -0.25) is 4.79 Å². The van der Waals surface area contributed by atoms with Gasteiger partial charge in [-0.15, -0.1) is 0 Å². The van der Waals surface area contributed by atoms with E-state index < -0.39 is 0 Å². The first-order chi connectivity index (χ1) is 10.0. The van der Waals surface area contributed by atoms with Crippen LogP contribution >= 0.6 is 0 Å². The standard InChI is InChI=1S/C17H20N2O2/c1-10-3-4-12(11(2)14(10)8-18)9-19-15-5-6-16(20)13(15)7-17(19)21/h3-4,13,15-16,20H,5-7,9H2,1-2H3/t13-,15-,16+/m0/s1. The molecule has 1 amide bonds. The highest BCUT2D eigenvalue weighted by atomic mass is 16.3. The second kappa shape index (κ2) is 5.16. The van der Waals surface area contributed by atoms with Crippen LogP contribution < -0.4 is 0 Å². The third-order valence-corrected chi connectivity index (χ3v) is 5.12. The lowest BCUT2D eigenvalue weighted by Gasteiger charge is -2.25. The Morgan fingerprint density at radius 3 is 2.86 bits per heavy atom. The molecule has 1 aliphatic heterocycles. The van der Waals surface area contributed by atoms with Crippen LogP contribution in [0.25, 0.3) is 0 Å². The molecule has 1 aromatic rings. The fourth-order valence-electron chi connectivity index (χ4n) is 3.81. The summed E-state index contributed by atoms with van der Waals surface area (Å²) in [6.07, 6.45) is 1.79. The van der Waals surface area contributed by atoms with Gasteiger partial charge in [0.15, 0.2) is 0 Å². The van der Waals surface area contributed by atoms with Crippen LogP contribution in [-0.4, -0.2) is 28.1 Å². The molecule has 1 saturated heterocycles. The van der Waals surface area contributed by atoms with Crippen molar-refractivity contribution in [3.63, 3.8) is 0 Å². The minimum absolute atomic E-state index is 0.0960. The Labute approximate surface area is 125 Å². The van der Waals surface area contributed by atoms with Gasteiger partial charge in [-0.1, -0.05) is 12.1 Å². The first-order valence-corrected chi connectivity index (χ1v) is 7.49. The maximum Gasteiger partial charge on any atom is 0.223 e. The largest absolute Gasteiger partial charge is 0.393 e. The highest BCUT2D eigenvalue weighted by molar-refractivity contribution is 5.79. The van der Waals surface area contributed by atoms with E-state index in [9.17, 15) is 15.2 Å². The molecule has 0 spiro atoms. The maximum atomic E-state index is 12.2. The molecule has 21 heavy (non-hydrogen) atoms. The number of aryl methyl sites for hydroxylation is 1. The SMILES string of the molecule is Cc1ccc(CN2C(=O)C[C@@H]3[C@H](O)CC[C@@H]32)c(C)c1C#N. The van der Waals surface area contributed by atoms with Gasteiger partial charge in [-0.2, -0.15) is 5.26 Å². The molecule has 1 aliphatic carbocycles. The zero-order chi connectivity index (χ0) is 15.1. The van der Waals surface area contributed by atoms with Crippen molar-refractivity contribution in [2.45, 2.75) is 51.8 Å². The molecule has 1 N–H and O–H groups in total. The van der Waals surface area contributed by atoms with Crippen molar-refractivity contribution in [2.24, 2.45) is 5.92 Å². The number of rotatable bonds is 2. The number of benzene rings is 1. The number of fused-ring (bicyclic) bond motifs is 1. The van der Waals surface area contributed by atoms with Gasteiger partial charge in [0, 0.05) is 24.9 Å². The van der Waals surface area contributed by atoms with E-state index in [4.69, 9.17) is 0 Å². The predicted octanol–water partition coefficient (Wildman–Crippen LogP) is 2.05. The lowest BCUT2D eigenvalue weighted by molar-refractivity contribution is -0.129. The molecule has 3 rings (SSSR count). The van der Waals surface area contributed by atoms with Gasteiger partial charge in [0.05, 0.1) is 17.7 Å². The van der Waals surface area contributed by atoms with E-state index in [0.29, 0.717) is 18.5 Å². The summed E-state index contributed by atoms with van der Waals surface area (Å²) in [6, 6.07) is 6.37. The van der Waals surface area contributed by atoms with Crippen molar-refractivity contribution in [1.29, 1.82) is 5.26 Å². The second-order valence-corrected chi connectivity index (χ2v) is 6.26. The van der Waals surface area contributed by atoms with Crippen LogP contribution in [-0.2, 0) is 11.3 Å². The fraction of sp³-hybridized carbons (Fsp3) is 0.529. The van der Waals surface area contributed by atoms with Gasteiger partial charge in [0.1, 0.15) is 0 Å². The third kappa shape index (κ3) is 2.22. The Hall–Kier alpha value is -1.86. The summed E-state index contributed by atoms with van der Waals surface area (Å²) in [6.45, 7) is 4.43. The number of likely N-dealkylation sites (tertiary alicyclic amines) is 1. The number of carbonyl (C=O) groups is 1. The normalized spacial score (nSPS) is 27.8. The van der Waals surface area contributed by atoms with Gasteiger partial charge < -0.3 is 10.0 Å². The average Bonchev–Trinajstić information content (AvgIpc) is 2.95. The van der Waals surface area contributed by atoms with Crippen molar-refractivity contribution >= 4 is 5.91 Å². The predicted molar refractivity (Wildman–Crippen MR) is 78.3 cm³/mol. The molecular formula is C17H20N2O2. The minimum atomic E-state index is -0.335. The third-order valence-electron chi connectivity index (χ3n) is 5.12. The van der Waals surface area contributed by atoms with E-state index in [0.717, 1.165) is 29.5 Å². The zero-order valence-corrected chi connectivity index (χ0v) is 12.5. The Balaban J connectivity index is 1.88. The van der Waals surface area contributed by atoms with E-state index in [-0.39, 0.29) is 24.0 Å². The Morgan fingerprint density at radius 2 is 2.14 bits per heavy atom. The molecule has 110 valence electrons. The van der Waals surface area contributed by atoms with E-state index in [1.54, 1.807) is 0 Å². The number of hydrogen-bond donors (Lipinski definition) is 1. The molecule has 3 atom stereocenters. The van der Waals surface area contributed by atoms with Crippen LogP contribution in [0, 0.1) is 31.1 Å². The van der Waals surface area contributed by atoms with Gasteiger partial charge in [-0.05, 0) is 43.4 Å². The molecule has 4 nitrogen and oxygen atoms in total. The summed E-state index contributed by atoms with van der Waals surface area (Å²) in [5.41, 5.74) is 3.68. The van der Waals surface area contributed by atoms with Gasteiger partial charge in [-0.25, -0.2) is 0 Å². The molecule has 2 aliphatic rings. The summed E-state index contributed by atoms with van der Waals surface area (Å²) in [4.78, 5) is 14.1. The van der Waals surface area contributed by atoms with Crippen LogP contribution in [0.1, 0.15) is 41.5 Å². The van der Waals surface area contributed by atoms with Gasteiger partial charge in [0.25, 0.3) is 0 Å². The second-order valence-electron chi connectivity index (χ2n) is 6.26. The van der Waals surface area contributed by atoms with Crippen molar-refractivity contribution < 1.29 is 9.90 Å². The molecule has 4 heteroatoms. The molecule has 0 aromatic heterocycles. The lowest BCUT2D eigenvalue weighted by Crippen LogP contribution is -2.33. The van der Waals surface area contributed by atoms with Crippen LogP contribution in [0.4, 0.5) is 0 Å². The lowest BCUT2D eigenvalue weighted by atomic mass is 9.97. The van der Waals surface area contributed by atoms with E-state index in [2.05, 4.69) is 6.07 Å². The van der Waals surface area contributed by atoms with E-state index in [1.807, 2.05) is 30.9 Å². The van der Waals surface area contributed by atoms with Gasteiger partial charge >= 0.3 is 0 Å². The van der Waals surface area contributed by atoms with Crippen molar-refractivity contribution in [3.8, 4) is 6.07 Å². The molecule has 2 fully saturated rings. The molecular weight excluding hydrogens is 264 g/mol. The quantitative estimate of drug-likeness (QED) is 0.904. The molecule has 0 unspecified atom stereocenters. The topological polar surface area (TPSA) is 64.3 Å². The van der Waals surface area contributed by atoms with Crippen molar-refractivity contribution in [3.05, 3.63) is 34.4 Å². The number of nitrogens with zero attached hydrogens (tertiary/aromatic N) is 2. The average molecular weight is 284 g/mol. The molecule has 1 aromatic carbocycles. The molecule has 0 bridgehead atoms. The Morgan fingerprint density at radius 1 is 1.38 bits per heavy atom. The monoisotopic (exact) mass is 284 g/mol. The zero-order valence-electron chi connectivity index (χ0n) is 12.5. The number of nitriles is 1. The summed E-state index contributed by atoms with van der Waals surface area (Å²) >= 11 is 0. The van der Waals surface area contributed by atoms with Crippen LogP contribution in [0.2, 0.25) is 0 Å². The Kier molecular flexibility index (Phi) is 3.46. The first-order valence-electron chi connectivity index (χ1n) is 7.49. The molecule has 1 heterocycles. The Bertz CT molecular complexity index is 632. The number of amides is 1. The van der Waals surface area contributed by atoms with Crippen LogP contribution in [0.5, 0.6) is 0 Å². The molecule has 0 radical (unpaired) electrons. The number of hydrogen-bond acceptors (Lipinski definition) is 3. The van der Waals surface area contributed by atoms with Gasteiger partial charge in [0.2, 0.25) is 5.91 Å². The smallest absolute Gasteiger partial charge is 0.223 e. The summed E-state index contributed by atoms with van der Waals surface area (Å²) in [5, 5.41) is 19.2. The molecule has 1 saturated carbocycles. The van der Waals surface area contributed by atoms with E-state index in [1.165, 1.54) is 0 Å². The number of carbonyl (C=O) groups excluding carboxylic acids is 1. The summed E-state index contributed by atoms with van der Waals surface area (Å²) in [5.74, 6) is 0.223. The summed E-state index contributed by atoms with van der Waals surface area (Å²) in [7, 11) is 0. The highest BCUT2D eigenvalue weighted by Gasteiger charge is 2.47. The van der Waals surface area contributed by atoms with Crippen molar-refractivity contribution in [1.82, 2.24) is 4.90 Å². The minimum Gasteiger partial charge on any atom is -0.393 e. The number of aliphatic hydroxyl groups is 1. The maximum absolute atomic E-state index is 12.2. The summed E-state index contributed by atoms with van der Waals surface area (Å²) < 4.78 is 0. The number of aliphatic hydroxyl groups excluding tert-OH is 1. The van der Waals surface area contributed by atoms with Crippen LogP contribution in [0.15, 0.2) is 12.1 Å². The van der Waals surface area contributed by atoms with E-state index >= 15 is 0 Å².